The van der Waals surface area contributed by atoms with Crippen LogP contribution in [0.5, 0.6) is 0 Å². The smallest absolute Gasteiger partial charge is 0.136 e. The van der Waals surface area contributed by atoms with Gasteiger partial charge in [-0.05, 0) is 18.2 Å². The van der Waals surface area contributed by atoms with Gasteiger partial charge in [0, 0.05) is 22.9 Å². The Morgan fingerprint density at radius 1 is 1.06 bits per heavy atom. The number of benzene rings is 1. The lowest BCUT2D eigenvalue weighted by Crippen LogP contribution is -2.55. The van der Waals surface area contributed by atoms with Crippen LogP contribution in [-0.4, -0.2) is 65.7 Å². The van der Waals surface area contributed by atoms with Crippen molar-refractivity contribution in [3.05, 3.63) is 57.9 Å². The van der Waals surface area contributed by atoms with Crippen molar-refractivity contribution in [3.63, 3.8) is 0 Å². The fourth-order valence-corrected chi connectivity index (χ4v) is 4.90. The number of hydrogen-bond acceptors (Lipinski definition) is 8. The van der Waals surface area contributed by atoms with Crippen LogP contribution in [0.1, 0.15) is 6.04 Å². The molecule has 3 heterocycles. The number of ether oxygens (including phenoxy) is 1. The molecular weight excluding hydrogens is 487 g/mol. The minimum Gasteiger partial charge on any atom is -0.394 e. The second-order valence-electron chi connectivity index (χ2n) is 6.87. The van der Waals surface area contributed by atoms with E-state index in [1.165, 1.54) is 22.6 Å². The van der Waals surface area contributed by atoms with Crippen molar-refractivity contribution in [2.24, 2.45) is 0 Å². The molecule has 0 saturated carbocycles. The van der Waals surface area contributed by atoms with E-state index in [0.717, 1.165) is 0 Å². The average molecular weight is 504 g/mol. The SMILES string of the molecule is OC[C@H]1O[C@H](Sc2cncc(Cl)c2)[C@H](O)[C@@H](n2cc(-c3ccc(Cl)c(Cl)c3)nn2)[C@H]1O. The summed E-state index contributed by atoms with van der Waals surface area (Å²) in [7, 11) is 0. The topological polar surface area (TPSA) is 114 Å². The highest BCUT2D eigenvalue weighted by molar-refractivity contribution is 7.99. The molecule has 1 fully saturated rings. The third-order valence-electron chi connectivity index (χ3n) is 4.81. The summed E-state index contributed by atoms with van der Waals surface area (Å²) in [6.07, 6.45) is 1.32. The summed E-state index contributed by atoms with van der Waals surface area (Å²) in [5.41, 5.74) is 0.336. The highest BCUT2D eigenvalue weighted by Crippen LogP contribution is 2.38. The highest BCUT2D eigenvalue weighted by Gasteiger charge is 2.46. The van der Waals surface area contributed by atoms with Gasteiger partial charge in [0.25, 0.3) is 0 Å². The van der Waals surface area contributed by atoms with E-state index in [4.69, 9.17) is 39.5 Å². The maximum Gasteiger partial charge on any atom is 0.136 e. The van der Waals surface area contributed by atoms with Crippen molar-refractivity contribution >= 4 is 46.6 Å². The minimum atomic E-state index is -1.22. The van der Waals surface area contributed by atoms with Gasteiger partial charge in [-0.2, -0.15) is 0 Å². The first kappa shape index (κ1) is 22.8. The number of thioether (sulfide) groups is 1. The minimum absolute atomic E-state index is 0.367. The van der Waals surface area contributed by atoms with Gasteiger partial charge in [0.1, 0.15) is 35.5 Å². The van der Waals surface area contributed by atoms with Gasteiger partial charge < -0.3 is 20.1 Å². The lowest BCUT2D eigenvalue weighted by atomic mass is 9.97. The molecule has 12 heteroatoms. The highest BCUT2D eigenvalue weighted by atomic mass is 35.5. The van der Waals surface area contributed by atoms with E-state index in [-0.39, 0.29) is 0 Å². The van der Waals surface area contributed by atoms with Crippen LogP contribution in [0.15, 0.2) is 47.8 Å². The Morgan fingerprint density at radius 3 is 2.58 bits per heavy atom. The van der Waals surface area contributed by atoms with Crippen LogP contribution in [0, 0.1) is 0 Å². The van der Waals surface area contributed by atoms with E-state index < -0.39 is 36.4 Å². The monoisotopic (exact) mass is 502 g/mol. The van der Waals surface area contributed by atoms with Crippen LogP contribution in [0.3, 0.4) is 0 Å². The summed E-state index contributed by atoms with van der Waals surface area (Å²) in [6.45, 7) is -0.441. The zero-order chi connectivity index (χ0) is 22.1. The molecule has 31 heavy (non-hydrogen) atoms. The molecule has 4 rings (SSSR count). The summed E-state index contributed by atoms with van der Waals surface area (Å²) < 4.78 is 7.09. The van der Waals surface area contributed by atoms with E-state index >= 15 is 0 Å². The largest absolute Gasteiger partial charge is 0.394 e. The summed E-state index contributed by atoms with van der Waals surface area (Å²) in [4.78, 5) is 4.69. The van der Waals surface area contributed by atoms with Crippen LogP contribution in [0.2, 0.25) is 15.1 Å². The first-order valence-corrected chi connectivity index (χ1v) is 11.2. The predicted octanol–water partition coefficient (Wildman–Crippen LogP) is 3.07. The van der Waals surface area contributed by atoms with E-state index in [9.17, 15) is 15.3 Å². The Morgan fingerprint density at radius 2 is 1.87 bits per heavy atom. The fraction of sp³-hybridized carbons (Fsp3) is 0.316. The molecule has 3 N–H and O–H groups in total. The van der Waals surface area contributed by atoms with Crippen LogP contribution in [-0.2, 0) is 4.74 Å². The molecule has 0 spiro atoms. The number of aliphatic hydroxyl groups excluding tert-OH is 3. The van der Waals surface area contributed by atoms with E-state index in [2.05, 4.69) is 15.3 Å². The number of hydrogen-bond donors (Lipinski definition) is 3. The molecule has 0 amide bonds. The Bertz CT molecular complexity index is 1070. The maximum atomic E-state index is 11.0. The number of nitrogens with zero attached hydrogens (tertiary/aromatic N) is 4. The first-order chi connectivity index (χ1) is 14.9. The molecule has 8 nitrogen and oxygen atoms in total. The molecule has 0 radical (unpaired) electrons. The molecule has 0 unspecified atom stereocenters. The van der Waals surface area contributed by atoms with Crippen LogP contribution < -0.4 is 0 Å². The number of halogens is 3. The van der Waals surface area contributed by atoms with Crippen molar-refractivity contribution < 1.29 is 20.1 Å². The van der Waals surface area contributed by atoms with Crippen LogP contribution >= 0.6 is 46.6 Å². The zero-order valence-electron chi connectivity index (χ0n) is 15.7. The van der Waals surface area contributed by atoms with Crippen LogP contribution in [0.25, 0.3) is 11.3 Å². The Kier molecular flexibility index (Phi) is 7.04. The normalized spacial score (nSPS) is 26.2. The quantitative estimate of drug-likeness (QED) is 0.487. The summed E-state index contributed by atoms with van der Waals surface area (Å²) in [5, 5.41) is 40.8. The third kappa shape index (κ3) is 4.84. The second kappa shape index (κ2) is 9.60. The Labute approximate surface area is 196 Å². The molecular formula is C19H17Cl3N4O4S. The molecule has 1 saturated heterocycles. The number of pyridine rings is 1. The van der Waals surface area contributed by atoms with Crippen molar-refractivity contribution in [1.82, 2.24) is 20.0 Å². The van der Waals surface area contributed by atoms with Gasteiger partial charge in [-0.1, -0.05) is 57.8 Å². The third-order valence-corrected chi connectivity index (χ3v) is 6.88. The molecule has 2 aromatic heterocycles. The summed E-state index contributed by atoms with van der Waals surface area (Å²) in [5.74, 6) is 0. The van der Waals surface area contributed by atoms with Crippen molar-refractivity contribution in [3.8, 4) is 11.3 Å². The predicted molar refractivity (Wildman–Crippen MR) is 117 cm³/mol. The molecule has 3 aromatic rings. The first-order valence-electron chi connectivity index (χ1n) is 9.14. The molecule has 1 aromatic carbocycles. The second-order valence-corrected chi connectivity index (χ2v) is 9.29. The summed E-state index contributed by atoms with van der Waals surface area (Å²) >= 11 is 19.2. The molecule has 5 atom stereocenters. The van der Waals surface area contributed by atoms with Gasteiger partial charge in [-0.25, -0.2) is 4.68 Å². The number of aromatic nitrogens is 4. The van der Waals surface area contributed by atoms with Gasteiger partial charge in [-0.3, -0.25) is 4.98 Å². The number of aliphatic hydroxyl groups is 3. The maximum absolute atomic E-state index is 11.0. The molecule has 164 valence electrons. The Hall–Kier alpha value is -1.43. The van der Waals surface area contributed by atoms with Gasteiger partial charge in [-0.15, -0.1) is 5.10 Å². The standard InChI is InChI=1S/C19H17Cl3N4O4S/c20-10-4-11(6-23-5-10)31-19-18(29)16(17(28)15(8-27)30-19)26-7-14(24-25-26)9-1-2-12(21)13(22)3-9/h1-7,15-19,27-29H,8H2/t15-,16+,17+,18-,19-/m1/s1. The lowest BCUT2D eigenvalue weighted by molar-refractivity contribution is -0.178. The lowest BCUT2D eigenvalue weighted by Gasteiger charge is -2.41. The molecule has 1 aliphatic heterocycles. The number of rotatable bonds is 5. The Balaban J connectivity index is 1.62. The van der Waals surface area contributed by atoms with Crippen molar-refractivity contribution in [1.29, 1.82) is 0 Å². The van der Waals surface area contributed by atoms with Gasteiger partial charge in [0.15, 0.2) is 0 Å². The van der Waals surface area contributed by atoms with E-state index in [1.807, 2.05) is 0 Å². The molecule has 0 bridgehead atoms. The van der Waals surface area contributed by atoms with Crippen molar-refractivity contribution in [2.75, 3.05) is 6.61 Å². The van der Waals surface area contributed by atoms with Crippen LogP contribution in [0.4, 0.5) is 0 Å². The summed E-state index contributed by atoms with van der Waals surface area (Å²) in [6, 6.07) is 5.79. The van der Waals surface area contributed by atoms with Crippen molar-refractivity contribution in [2.45, 2.75) is 34.7 Å². The van der Waals surface area contributed by atoms with Gasteiger partial charge in [0.05, 0.1) is 27.9 Å². The molecule has 1 aliphatic rings. The van der Waals surface area contributed by atoms with Gasteiger partial charge >= 0.3 is 0 Å². The average Bonchev–Trinajstić information content (AvgIpc) is 3.22. The van der Waals surface area contributed by atoms with E-state index in [0.29, 0.717) is 31.2 Å². The molecule has 0 aliphatic carbocycles. The fourth-order valence-electron chi connectivity index (χ4n) is 3.28. The zero-order valence-corrected chi connectivity index (χ0v) is 18.8. The van der Waals surface area contributed by atoms with Gasteiger partial charge in [0.2, 0.25) is 0 Å². The van der Waals surface area contributed by atoms with E-state index in [1.54, 1.807) is 36.7 Å².